The van der Waals surface area contributed by atoms with Gasteiger partial charge in [0.25, 0.3) is 0 Å². The summed E-state index contributed by atoms with van der Waals surface area (Å²) in [5.74, 6) is 2.04. The Morgan fingerprint density at radius 1 is 1.29 bits per heavy atom. The van der Waals surface area contributed by atoms with Gasteiger partial charge in [-0.1, -0.05) is 12.8 Å². The van der Waals surface area contributed by atoms with Crippen LogP contribution in [0.3, 0.4) is 0 Å². The molecule has 3 atom stereocenters. The van der Waals surface area contributed by atoms with E-state index in [1.807, 2.05) is 25.1 Å². The minimum absolute atomic E-state index is 0. The van der Waals surface area contributed by atoms with Crippen LogP contribution >= 0.6 is 12.4 Å². The van der Waals surface area contributed by atoms with Gasteiger partial charge in [0.15, 0.2) is 11.5 Å². The van der Waals surface area contributed by atoms with Crippen LogP contribution in [0.5, 0.6) is 11.5 Å². The summed E-state index contributed by atoms with van der Waals surface area (Å²) in [6, 6.07) is 5.93. The molecule has 1 amide bonds. The van der Waals surface area contributed by atoms with E-state index < -0.39 is 0 Å². The first-order chi connectivity index (χ1) is 11.2. The Morgan fingerprint density at radius 2 is 2.08 bits per heavy atom. The highest BCUT2D eigenvalue weighted by Crippen LogP contribution is 2.34. The first-order valence-electron chi connectivity index (χ1n) is 8.59. The lowest BCUT2D eigenvalue weighted by molar-refractivity contribution is -0.117. The molecule has 2 fully saturated rings. The van der Waals surface area contributed by atoms with E-state index in [-0.39, 0.29) is 24.4 Å². The molecule has 1 aliphatic carbocycles. The summed E-state index contributed by atoms with van der Waals surface area (Å²) in [4.78, 5) is 12.5. The third-order valence-electron chi connectivity index (χ3n) is 4.91. The van der Waals surface area contributed by atoms with Crippen molar-refractivity contribution < 1.29 is 14.3 Å². The highest BCUT2D eigenvalue weighted by atomic mass is 35.5. The Balaban J connectivity index is 0.00000208. The van der Waals surface area contributed by atoms with E-state index >= 15 is 0 Å². The van der Waals surface area contributed by atoms with Gasteiger partial charge in [-0.15, -0.1) is 12.4 Å². The fourth-order valence-electron chi connectivity index (χ4n) is 3.77. The molecule has 24 heavy (non-hydrogen) atoms. The summed E-state index contributed by atoms with van der Waals surface area (Å²) in [6.45, 7) is 2.48. The van der Waals surface area contributed by atoms with E-state index in [4.69, 9.17) is 9.47 Å². The van der Waals surface area contributed by atoms with Gasteiger partial charge in [-0.25, -0.2) is 0 Å². The number of hydrogen-bond donors (Lipinski definition) is 2. The molecule has 1 saturated carbocycles. The summed E-state index contributed by atoms with van der Waals surface area (Å²) in [7, 11) is 1.61. The minimum Gasteiger partial charge on any atom is -0.493 e. The van der Waals surface area contributed by atoms with Gasteiger partial charge >= 0.3 is 0 Å². The largest absolute Gasteiger partial charge is 0.493 e. The molecule has 0 aromatic heterocycles. The van der Waals surface area contributed by atoms with Crippen molar-refractivity contribution in [2.24, 2.45) is 5.92 Å². The van der Waals surface area contributed by atoms with Crippen LogP contribution in [0.4, 0.5) is 5.69 Å². The van der Waals surface area contributed by atoms with E-state index in [9.17, 15) is 4.79 Å². The van der Waals surface area contributed by atoms with Crippen LogP contribution in [0.25, 0.3) is 0 Å². The second-order valence-electron chi connectivity index (χ2n) is 6.39. The summed E-state index contributed by atoms with van der Waals surface area (Å²) >= 11 is 0. The fraction of sp³-hybridized carbons (Fsp3) is 0.611. The summed E-state index contributed by atoms with van der Waals surface area (Å²) < 4.78 is 10.8. The average Bonchev–Trinajstić information content (AvgIpc) is 3.00. The predicted molar refractivity (Wildman–Crippen MR) is 97.3 cm³/mol. The standard InChI is InChI=1S/C18H26N2O3.ClH/c1-3-23-17-11-13(8-9-16(17)22-2)19-18(21)15-10-12-6-4-5-7-14(12)20-15;/h8-9,11-12,14-15,20H,3-7,10H2,1-2H3,(H,19,21);1H. The minimum atomic E-state index is -0.0826. The number of nitrogens with one attached hydrogen (secondary N) is 2. The summed E-state index contributed by atoms with van der Waals surface area (Å²) in [5.41, 5.74) is 0.746. The molecule has 0 bridgehead atoms. The van der Waals surface area contributed by atoms with Crippen molar-refractivity contribution in [3.63, 3.8) is 0 Å². The highest BCUT2D eigenvalue weighted by molar-refractivity contribution is 5.95. The van der Waals surface area contributed by atoms with E-state index in [0.29, 0.717) is 30.1 Å². The van der Waals surface area contributed by atoms with Crippen LogP contribution in [-0.4, -0.2) is 31.7 Å². The smallest absolute Gasteiger partial charge is 0.241 e. The molecule has 1 aromatic carbocycles. The number of amides is 1. The van der Waals surface area contributed by atoms with Crippen molar-refractivity contribution in [1.82, 2.24) is 5.32 Å². The number of anilines is 1. The van der Waals surface area contributed by atoms with Gasteiger partial charge in [-0.2, -0.15) is 0 Å². The van der Waals surface area contributed by atoms with Crippen molar-refractivity contribution in [2.75, 3.05) is 19.0 Å². The van der Waals surface area contributed by atoms with Crippen LogP contribution in [0.2, 0.25) is 0 Å². The molecule has 6 heteroatoms. The lowest BCUT2D eigenvalue weighted by atomic mass is 9.85. The maximum absolute atomic E-state index is 12.5. The first-order valence-corrected chi connectivity index (χ1v) is 8.59. The molecule has 3 rings (SSSR count). The number of methoxy groups -OCH3 is 1. The van der Waals surface area contributed by atoms with Gasteiger partial charge in [0, 0.05) is 17.8 Å². The Morgan fingerprint density at radius 3 is 2.79 bits per heavy atom. The number of halogens is 1. The molecule has 2 aliphatic rings. The molecule has 134 valence electrons. The summed E-state index contributed by atoms with van der Waals surface area (Å²) in [5, 5.41) is 6.51. The van der Waals surface area contributed by atoms with E-state index in [2.05, 4.69) is 10.6 Å². The molecule has 0 spiro atoms. The van der Waals surface area contributed by atoms with Crippen molar-refractivity contribution in [1.29, 1.82) is 0 Å². The monoisotopic (exact) mass is 354 g/mol. The SMILES string of the molecule is CCOc1cc(NC(=O)C2CC3CCCCC3N2)ccc1OC.Cl. The van der Waals surface area contributed by atoms with Gasteiger partial charge in [-0.3, -0.25) is 4.79 Å². The zero-order chi connectivity index (χ0) is 16.2. The van der Waals surface area contributed by atoms with Crippen molar-refractivity contribution in [3.8, 4) is 11.5 Å². The van der Waals surface area contributed by atoms with E-state index in [1.54, 1.807) is 7.11 Å². The number of fused-ring (bicyclic) bond motifs is 1. The topological polar surface area (TPSA) is 59.6 Å². The van der Waals surface area contributed by atoms with Crippen LogP contribution < -0.4 is 20.1 Å². The zero-order valence-electron chi connectivity index (χ0n) is 14.3. The molecular weight excluding hydrogens is 328 g/mol. The third-order valence-corrected chi connectivity index (χ3v) is 4.91. The predicted octanol–water partition coefficient (Wildman–Crippen LogP) is 3.37. The lowest BCUT2D eigenvalue weighted by Gasteiger charge is -2.24. The second kappa shape index (κ2) is 8.58. The Kier molecular flexibility index (Phi) is 6.75. The first kappa shape index (κ1) is 18.9. The number of rotatable bonds is 5. The maximum atomic E-state index is 12.5. The molecule has 0 radical (unpaired) electrons. The van der Waals surface area contributed by atoms with Crippen LogP contribution in [0.1, 0.15) is 39.0 Å². The number of benzene rings is 1. The van der Waals surface area contributed by atoms with Crippen molar-refractivity contribution >= 4 is 24.0 Å². The Labute approximate surface area is 149 Å². The normalized spacial score (nSPS) is 25.3. The van der Waals surface area contributed by atoms with Crippen molar-refractivity contribution in [2.45, 2.75) is 51.1 Å². The average molecular weight is 355 g/mol. The number of ether oxygens (including phenoxy) is 2. The van der Waals surface area contributed by atoms with Crippen LogP contribution in [0, 0.1) is 5.92 Å². The zero-order valence-corrected chi connectivity index (χ0v) is 15.2. The quantitative estimate of drug-likeness (QED) is 0.851. The lowest BCUT2D eigenvalue weighted by Crippen LogP contribution is -2.39. The molecule has 3 unspecified atom stereocenters. The number of hydrogen-bond acceptors (Lipinski definition) is 4. The van der Waals surface area contributed by atoms with Gasteiger partial charge in [0.1, 0.15) is 0 Å². The number of carbonyl (C=O) groups is 1. The number of carbonyl (C=O) groups excluding carboxylic acids is 1. The van der Waals surface area contributed by atoms with Crippen molar-refractivity contribution in [3.05, 3.63) is 18.2 Å². The van der Waals surface area contributed by atoms with Crippen LogP contribution in [0.15, 0.2) is 18.2 Å². The van der Waals surface area contributed by atoms with Gasteiger partial charge in [0.2, 0.25) is 5.91 Å². The van der Waals surface area contributed by atoms with Crippen LogP contribution in [-0.2, 0) is 4.79 Å². The van der Waals surface area contributed by atoms with E-state index in [0.717, 1.165) is 12.1 Å². The molecule has 1 aromatic rings. The highest BCUT2D eigenvalue weighted by Gasteiger charge is 2.38. The van der Waals surface area contributed by atoms with Gasteiger partial charge in [0.05, 0.1) is 19.8 Å². The van der Waals surface area contributed by atoms with E-state index in [1.165, 1.54) is 25.7 Å². The second-order valence-corrected chi connectivity index (χ2v) is 6.39. The molecular formula is C18H27ClN2O3. The third kappa shape index (κ3) is 4.14. The van der Waals surface area contributed by atoms with Gasteiger partial charge in [-0.05, 0) is 44.2 Å². The maximum Gasteiger partial charge on any atom is 0.241 e. The molecule has 5 nitrogen and oxygen atoms in total. The fourth-order valence-corrected chi connectivity index (χ4v) is 3.77. The van der Waals surface area contributed by atoms with Gasteiger partial charge < -0.3 is 20.1 Å². The molecule has 2 N–H and O–H groups in total. The molecule has 1 aliphatic heterocycles. The molecule has 1 heterocycles. The Bertz CT molecular complexity index is 553. The Hall–Kier alpha value is -1.46. The summed E-state index contributed by atoms with van der Waals surface area (Å²) in [6.07, 6.45) is 5.97. The molecule has 1 saturated heterocycles.